The van der Waals surface area contributed by atoms with Crippen LogP contribution in [0.2, 0.25) is 0 Å². The Balaban J connectivity index is 2.79. The molecule has 1 saturated heterocycles. The zero-order valence-electron chi connectivity index (χ0n) is 16.5. The van der Waals surface area contributed by atoms with Crippen LogP contribution < -0.4 is 5.32 Å². The topological polar surface area (TPSA) is 84.9 Å². The van der Waals surface area contributed by atoms with E-state index in [2.05, 4.69) is 11.9 Å². The third kappa shape index (κ3) is 7.06. The lowest BCUT2D eigenvalue weighted by molar-refractivity contribution is -0.159. The molecule has 0 unspecified atom stereocenters. The van der Waals surface area contributed by atoms with Crippen LogP contribution in [0, 0.1) is 5.92 Å². The van der Waals surface area contributed by atoms with Crippen LogP contribution in [0.25, 0.3) is 0 Å². The van der Waals surface area contributed by atoms with Gasteiger partial charge in [-0.05, 0) is 46.0 Å². The Labute approximate surface area is 156 Å². The summed E-state index contributed by atoms with van der Waals surface area (Å²) in [5.74, 6) is -0.613. The molecule has 0 bridgehead atoms. The molecule has 7 nitrogen and oxygen atoms in total. The molecule has 1 N–H and O–H groups in total. The van der Waals surface area contributed by atoms with Gasteiger partial charge in [0.2, 0.25) is 5.91 Å². The Morgan fingerprint density at radius 2 is 1.96 bits per heavy atom. The first-order chi connectivity index (χ1) is 12.0. The van der Waals surface area contributed by atoms with E-state index in [9.17, 15) is 14.4 Å². The van der Waals surface area contributed by atoms with Crippen LogP contribution in [0.15, 0.2) is 12.7 Å². The van der Waals surface area contributed by atoms with Gasteiger partial charge in [-0.15, -0.1) is 0 Å². The molecule has 1 rings (SSSR count). The second-order valence-corrected chi connectivity index (χ2v) is 7.94. The molecule has 1 fully saturated rings. The predicted octanol–water partition coefficient (Wildman–Crippen LogP) is 2.65. The number of rotatable bonds is 7. The number of esters is 1. The van der Waals surface area contributed by atoms with Gasteiger partial charge in [0.15, 0.2) is 0 Å². The predicted molar refractivity (Wildman–Crippen MR) is 98.5 cm³/mol. The van der Waals surface area contributed by atoms with Crippen LogP contribution in [-0.2, 0) is 19.1 Å². The molecule has 1 aliphatic heterocycles. The number of nitrogens with zero attached hydrogens (tertiary/aromatic N) is 1. The SMILES string of the molecule is C=CCOC(=O)N1CCC[C@H]1C(=O)N[C@@H](CC(C)C)C(=O)OC(C)(C)C. The Kier molecular flexibility index (Phi) is 8.11. The second-order valence-electron chi connectivity index (χ2n) is 7.94. The average molecular weight is 368 g/mol. The molecule has 0 aliphatic carbocycles. The molecule has 26 heavy (non-hydrogen) atoms. The average Bonchev–Trinajstić information content (AvgIpc) is 2.99. The molecule has 7 heteroatoms. The lowest BCUT2D eigenvalue weighted by Crippen LogP contribution is -2.52. The van der Waals surface area contributed by atoms with E-state index in [-0.39, 0.29) is 18.4 Å². The van der Waals surface area contributed by atoms with Crippen molar-refractivity contribution in [2.45, 2.75) is 71.6 Å². The summed E-state index contributed by atoms with van der Waals surface area (Å²) >= 11 is 0. The zero-order chi connectivity index (χ0) is 19.9. The van der Waals surface area contributed by atoms with Crippen molar-refractivity contribution in [1.82, 2.24) is 10.2 Å². The highest BCUT2D eigenvalue weighted by atomic mass is 16.6. The van der Waals surface area contributed by atoms with Gasteiger partial charge in [-0.25, -0.2) is 9.59 Å². The summed E-state index contributed by atoms with van der Waals surface area (Å²) < 4.78 is 10.5. The van der Waals surface area contributed by atoms with Crippen LogP contribution in [0.4, 0.5) is 4.79 Å². The molecule has 2 atom stereocenters. The maximum atomic E-state index is 12.7. The molecule has 1 aliphatic rings. The Bertz CT molecular complexity index is 525. The van der Waals surface area contributed by atoms with E-state index >= 15 is 0 Å². The molecule has 0 aromatic heterocycles. The molecule has 148 valence electrons. The fourth-order valence-corrected chi connectivity index (χ4v) is 2.80. The Hall–Kier alpha value is -2.05. The van der Waals surface area contributed by atoms with Gasteiger partial charge < -0.3 is 14.8 Å². The molecule has 1 heterocycles. The van der Waals surface area contributed by atoms with E-state index in [1.54, 1.807) is 20.8 Å². The molecular formula is C19H32N2O5. The normalized spacial score (nSPS) is 18.4. The van der Waals surface area contributed by atoms with Crippen molar-refractivity contribution >= 4 is 18.0 Å². The highest BCUT2D eigenvalue weighted by Crippen LogP contribution is 2.20. The quantitative estimate of drug-likeness (QED) is 0.552. The van der Waals surface area contributed by atoms with Crippen LogP contribution in [0.1, 0.15) is 53.9 Å². The summed E-state index contributed by atoms with van der Waals surface area (Å²) in [4.78, 5) is 38.6. The van der Waals surface area contributed by atoms with Crippen molar-refractivity contribution in [3.8, 4) is 0 Å². The minimum atomic E-state index is -0.742. The van der Waals surface area contributed by atoms with Gasteiger partial charge in [0.05, 0.1) is 0 Å². The van der Waals surface area contributed by atoms with E-state index in [0.717, 1.165) is 0 Å². The Morgan fingerprint density at radius 1 is 1.31 bits per heavy atom. The third-order valence-electron chi connectivity index (χ3n) is 3.83. The first kappa shape index (κ1) is 22.0. The van der Waals surface area contributed by atoms with E-state index in [1.807, 2.05) is 13.8 Å². The lowest BCUT2D eigenvalue weighted by atomic mass is 10.0. The standard InChI is InChI=1S/C19H32N2O5/c1-7-11-25-18(24)21-10-8-9-15(21)16(22)20-14(12-13(2)3)17(23)26-19(4,5)6/h7,13-15H,1,8-12H2,2-6H3,(H,20,22)/t14-,15-/m0/s1. The number of hydrogen-bond donors (Lipinski definition) is 1. The summed E-state index contributed by atoms with van der Waals surface area (Å²) in [7, 11) is 0. The van der Waals surface area contributed by atoms with Gasteiger partial charge >= 0.3 is 12.1 Å². The van der Waals surface area contributed by atoms with Gasteiger partial charge in [-0.3, -0.25) is 9.69 Å². The first-order valence-corrected chi connectivity index (χ1v) is 9.12. The van der Waals surface area contributed by atoms with Gasteiger partial charge in [-0.2, -0.15) is 0 Å². The second kappa shape index (κ2) is 9.59. The molecule has 0 saturated carbocycles. The fraction of sp³-hybridized carbons (Fsp3) is 0.737. The molecular weight excluding hydrogens is 336 g/mol. The smallest absolute Gasteiger partial charge is 0.410 e. The van der Waals surface area contributed by atoms with Crippen LogP contribution in [-0.4, -0.2) is 53.7 Å². The number of carbonyl (C=O) groups excluding carboxylic acids is 3. The van der Waals surface area contributed by atoms with Crippen molar-refractivity contribution in [3.05, 3.63) is 12.7 Å². The first-order valence-electron chi connectivity index (χ1n) is 9.12. The van der Waals surface area contributed by atoms with E-state index in [4.69, 9.17) is 9.47 Å². The molecule has 0 aromatic carbocycles. The van der Waals surface area contributed by atoms with Crippen LogP contribution >= 0.6 is 0 Å². The summed E-state index contributed by atoms with van der Waals surface area (Å²) in [6.07, 6.45) is 2.65. The lowest BCUT2D eigenvalue weighted by Gasteiger charge is -2.28. The fourth-order valence-electron chi connectivity index (χ4n) is 2.80. The van der Waals surface area contributed by atoms with Crippen molar-refractivity contribution in [2.24, 2.45) is 5.92 Å². The van der Waals surface area contributed by atoms with Crippen LogP contribution in [0.3, 0.4) is 0 Å². The molecule has 0 spiro atoms. The molecule has 2 amide bonds. The highest BCUT2D eigenvalue weighted by Gasteiger charge is 2.37. The Morgan fingerprint density at radius 3 is 2.50 bits per heavy atom. The van der Waals surface area contributed by atoms with E-state index in [0.29, 0.717) is 25.8 Å². The molecule has 0 radical (unpaired) electrons. The van der Waals surface area contributed by atoms with Gasteiger partial charge in [0.1, 0.15) is 24.3 Å². The summed E-state index contributed by atoms with van der Waals surface area (Å²) in [6.45, 7) is 13.3. The molecule has 0 aromatic rings. The summed E-state index contributed by atoms with van der Waals surface area (Å²) in [5.41, 5.74) is -0.634. The zero-order valence-corrected chi connectivity index (χ0v) is 16.5. The van der Waals surface area contributed by atoms with Gasteiger partial charge in [0, 0.05) is 6.54 Å². The van der Waals surface area contributed by atoms with E-state index < -0.39 is 29.7 Å². The number of amides is 2. The highest BCUT2D eigenvalue weighted by molar-refractivity contribution is 5.90. The van der Waals surface area contributed by atoms with Gasteiger partial charge in [-0.1, -0.05) is 26.5 Å². The number of carbonyl (C=O) groups is 3. The van der Waals surface area contributed by atoms with Gasteiger partial charge in [0.25, 0.3) is 0 Å². The monoisotopic (exact) mass is 368 g/mol. The van der Waals surface area contributed by atoms with Crippen LogP contribution in [0.5, 0.6) is 0 Å². The van der Waals surface area contributed by atoms with Crippen molar-refractivity contribution in [1.29, 1.82) is 0 Å². The van der Waals surface area contributed by atoms with E-state index in [1.165, 1.54) is 11.0 Å². The van der Waals surface area contributed by atoms with Crippen molar-refractivity contribution < 1.29 is 23.9 Å². The number of ether oxygens (including phenoxy) is 2. The summed E-state index contributed by atoms with van der Waals surface area (Å²) in [6, 6.07) is -1.38. The number of likely N-dealkylation sites (tertiary alicyclic amines) is 1. The minimum Gasteiger partial charge on any atom is -0.458 e. The summed E-state index contributed by atoms with van der Waals surface area (Å²) in [5, 5.41) is 2.77. The minimum absolute atomic E-state index is 0.0948. The maximum absolute atomic E-state index is 12.7. The van der Waals surface area contributed by atoms with Crippen molar-refractivity contribution in [3.63, 3.8) is 0 Å². The largest absolute Gasteiger partial charge is 0.458 e. The van der Waals surface area contributed by atoms with Crippen molar-refractivity contribution in [2.75, 3.05) is 13.2 Å². The third-order valence-corrected chi connectivity index (χ3v) is 3.83. The maximum Gasteiger partial charge on any atom is 0.410 e. The number of hydrogen-bond acceptors (Lipinski definition) is 5. The number of nitrogens with one attached hydrogen (secondary N) is 1.